The van der Waals surface area contributed by atoms with Crippen LogP contribution in [-0.2, 0) is 0 Å². The van der Waals surface area contributed by atoms with Gasteiger partial charge in [0.1, 0.15) is 5.75 Å². The van der Waals surface area contributed by atoms with Crippen LogP contribution in [0.3, 0.4) is 0 Å². The molecule has 1 unspecified atom stereocenters. The second-order valence-electron chi connectivity index (χ2n) is 3.13. The highest BCUT2D eigenvalue weighted by Crippen LogP contribution is 2.29. The molecule has 0 aliphatic carbocycles. The van der Waals surface area contributed by atoms with E-state index in [1.165, 1.54) is 0 Å². The van der Waals surface area contributed by atoms with Crippen LogP contribution in [0.15, 0.2) is 12.1 Å². The zero-order chi connectivity index (χ0) is 10.0. The van der Waals surface area contributed by atoms with Gasteiger partial charge < -0.3 is 10.5 Å². The number of rotatable bonds is 2. The van der Waals surface area contributed by atoms with Gasteiger partial charge in [-0.3, -0.25) is 0 Å². The van der Waals surface area contributed by atoms with Crippen molar-refractivity contribution in [3.8, 4) is 5.75 Å². The normalized spacial score (nSPS) is 12.7. The molecule has 0 saturated carbocycles. The summed E-state index contributed by atoms with van der Waals surface area (Å²) < 4.78 is 5.14. The number of hydrogen-bond acceptors (Lipinski definition) is 2. The summed E-state index contributed by atoms with van der Waals surface area (Å²) in [7, 11) is 1.63. The maximum atomic E-state index is 6.02. The topological polar surface area (TPSA) is 35.2 Å². The van der Waals surface area contributed by atoms with Gasteiger partial charge >= 0.3 is 0 Å². The minimum Gasteiger partial charge on any atom is -0.496 e. The van der Waals surface area contributed by atoms with E-state index in [0.717, 1.165) is 16.9 Å². The predicted octanol–water partition coefficient (Wildman–Crippen LogP) is 2.68. The van der Waals surface area contributed by atoms with Crippen LogP contribution in [0.5, 0.6) is 5.75 Å². The van der Waals surface area contributed by atoms with Gasteiger partial charge in [-0.2, -0.15) is 0 Å². The first-order valence-electron chi connectivity index (χ1n) is 4.16. The number of aryl methyl sites for hydroxylation is 1. The van der Waals surface area contributed by atoms with Crippen LogP contribution in [0.25, 0.3) is 0 Å². The number of hydrogen-bond donors (Lipinski definition) is 1. The monoisotopic (exact) mass is 199 g/mol. The third-order valence-electron chi connectivity index (χ3n) is 2.00. The van der Waals surface area contributed by atoms with Gasteiger partial charge in [-0.05, 0) is 37.1 Å². The molecule has 0 saturated heterocycles. The van der Waals surface area contributed by atoms with Crippen molar-refractivity contribution in [2.45, 2.75) is 19.9 Å². The van der Waals surface area contributed by atoms with Gasteiger partial charge in [-0.25, -0.2) is 0 Å². The third kappa shape index (κ3) is 2.14. The number of nitrogens with two attached hydrogens (primary N) is 1. The van der Waals surface area contributed by atoms with Crippen molar-refractivity contribution in [1.29, 1.82) is 0 Å². The fourth-order valence-corrected chi connectivity index (χ4v) is 1.58. The highest BCUT2D eigenvalue weighted by molar-refractivity contribution is 6.31. The Labute approximate surface area is 83.6 Å². The first-order chi connectivity index (χ1) is 6.06. The van der Waals surface area contributed by atoms with Crippen LogP contribution < -0.4 is 10.5 Å². The van der Waals surface area contributed by atoms with Crippen LogP contribution in [0.4, 0.5) is 0 Å². The molecule has 3 heteroatoms. The molecule has 1 aromatic rings. The summed E-state index contributed by atoms with van der Waals surface area (Å²) in [5, 5.41) is 0.664. The SMILES string of the molecule is COc1cc(Cl)c(C(C)N)cc1C. The highest BCUT2D eigenvalue weighted by atomic mass is 35.5. The van der Waals surface area contributed by atoms with Gasteiger partial charge in [-0.1, -0.05) is 11.6 Å². The van der Waals surface area contributed by atoms with Crippen LogP contribution >= 0.6 is 11.6 Å². The maximum Gasteiger partial charge on any atom is 0.123 e. The highest BCUT2D eigenvalue weighted by Gasteiger charge is 2.08. The molecule has 0 bridgehead atoms. The van der Waals surface area contributed by atoms with Crippen molar-refractivity contribution >= 4 is 11.6 Å². The molecule has 1 rings (SSSR count). The molecule has 0 heterocycles. The summed E-state index contributed by atoms with van der Waals surface area (Å²) in [5.41, 5.74) is 7.76. The van der Waals surface area contributed by atoms with E-state index < -0.39 is 0 Å². The number of ether oxygens (including phenoxy) is 1. The largest absolute Gasteiger partial charge is 0.496 e. The van der Waals surface area contributed by atoms with E-state index in [-0.39, 0.29) is 6.04 Å². The lowest BCUT2D eigenvalue weighted by Gasteiger charge is -2.12. The average molecular weight is 200 g/mol. The minimum atomic E-state index is -0.0443. The molecule has 0 amide bonds. The molecule has 1 aromatic carbocycles. The zero-order valence-corrected chi connectivity index (χ0v) is 8.85. The molecular formula is C10H14ClNO. The Morgan fingerprint density at radius 1 is 1.46 bits per heavy atom. The van der Waals surface area contributed by atoms with E-state index in [9.17, 15) is 0 Å². The second kappa shape index (κ2) is 3.99. The van der Waals surface area contributed by atoms with Gasteiger partial charge in [0.15, 0.2) is 0 Å². The van der Waals surface area contributed by atoms with Crippen molar-refractivity contribution in [2.75, 3.05) is 7.11 Å². The minimum absolute atomic E-state index is 0.0443. The molecule has 1 atom stereocenters. The number of benzene rings is 1. The lowest BCUT2D eigenvalue weighted by Crippen LogP contribution is -2.06. The quantitative estimate of drug-likeness (QED) is 0.795. The van der Waals surface area contributed by atoms with E-state index in [2.05, 4.69) is 0 Å². The molecule has 0 spiro atoms. The van der Waals surface area contributed by atoms with E-state index in [1.54, 1.807) is 13.2 Å². The average Bonchev–Trinajstić information content (AvgIpc) is 2.07. The number of halogens is 1. The standard InChI is InChI=1S/C10H14ClNO/c1-6-4-8(7(2)12)9(11)5-10(6)13-3/h4-5,7H,12H2,1-3H3. The molecule has 0 aliphatic heterocycles. The van der Waals surface area contributed by atoms with Crippen LogP contribution in [-0.4, -0.2) is 7.11 Å². The first-order valence-corrected chi connectivity index (χ1v) is 4.53. The smallest absolute Gasteiger partial charge is 0.123 e. The van der Waals surface area contributed by atoms with Crippen LogP contribution in [0.1, 0.15) is 24.1 Å². The van der Waals surface area contributed by atoms with E-state index in [1.807, 2.05) is 19.9 Å². The van der Waals surface area contributed by atoms with Crippen molar-refractivity contribution in [1.82, 2.24) is 0 Å². The Morgan fingerprint density at radius 3 is 2.54 bits per heavy atom. The summed E-state index contributed by atoms with van der Waals surface area (Å²) in [5.74, 6) is 0.800. The summed E-state index contributed by atoms with van der Waals surface area (Å²) in [4.78, 5) is 0. The molecular weight excluding hydrogens is 186 g/mol. The molecule has 0 fully saturated rings. The predicted molar refractivity (Wildman–Crippen MR) is 55.3 cm³/mol. The van der Waals surface area contributed by atoms with Gasteiger partial charge in [-0.15, -0.1) is 0 Å². The van der Waals surface area contributed by atoms with Gasteiger partial charge in [0.2, 0.25) is 0 Å². The molecule has 2 nitrogen and oxygen atoms in total. The summed E-state index contributed by atoms with van der Waals surface area (Å²) in [6.07, 6.45) is 0. The van der Waals surface area contributed by atoms with Gasteiger partial charge in [0.25, 0.3) is 0 Å². The lowest BCUT2D eigenvalue weighted by molar-refractivity contribution is 0.411. The van der Waals surface area contributed by atoms with Crippen LogP contribution in [0.2, 0.25) is 5.02 Å². The first kappa shape index (κ1) is 10.4. The fourth-order valence-electron chi connectivity index (χ4n) is 1.25. The van der Waals surface area contributed by atoms with Crippen molar-refractivity contribution < 1.29 is 4.74 Å². The zero-order valence-electron chi connectivity index (χ0n) is 8.10. The Kier molecular flexibility index (Phi) is 3.17. The maximum absolute atomic E-state index is 6.02. The third-order valence-corrected chi connectivity index (χ3v) is 2.33. The Bertz CT molecular complexity index is 310. The Balaban J connectivity index is 3.20. The number of methoxy groups -OCH3 is 1. The lowest BCUT2D eigenvalue weighted by atomic mass is 10.1. The summed E-state index contributed by atoms with van der Waals surface area (Å²) in [6, 6.07) is 3.72. The second-order valence-corrected chi connectivity index (χ2v) is 3.54. The van der Waals surface area contributed by atoms with Crippen LogP contribution in [0, 0.1) is 6.92 Å². The van der Waals surface area contributed by atoms with Crippen molar-refractivity contribution in [3.63, 3.8) is 0 Å². The van der Waals surface area contributed by atoms with Gasteiger partial charge in [0.05, 0.1) is 7.11 Å². The summed E-state index contributed by atoms with van der Waals surface area (Å²) >= 11 is 6.02. The fraction of sp³-hybridized carbons (Fsp3) is 0.400. The molecule has 72 valence electrons. The Morgan fingerprint density at radius 2 is 2.08 bits per heavy atom. The van der Waals surface area contributed by atoms with Gasteiger partial charge in [0, 0.05) is 11.1 Å². The van der Waals surface area contributed by atoms with E-state index in [0.29, 0.717) is 5.02 Å². The van der Waals surface area contributed by atoms with E-state index >= 15 is 0 Å². The molecule has 2 N–H and O–H groups in total. The van der Waals surface area contributed by atoms with Crippen molar-refractivity contribution in [2.24, 2.45) is 5.73 Å². The molecule has 0 radical (unpaired) electrons. The van der Waals surface area contributed by atoms with E-state index in [4.69, 9.17) is 22.1 Å². The molecule has 0 aliphatic rings. The molecule has 13 heavy (non-hydrogen) atoms. The summed E-state index contributed by atoms with van der Waals surface area (Å²) in [6.45, 7) is 3.88. The van der Waals surface area contributed by atoms with Crippen molar-refractivity contribution in [3.05, 3.63) is 28.3 Å². The molecule has 0 aromatic heterocycles. The Hall–Kier alpha value is -0.730.